The summed E-state index contributed by atoms with van der Waals surface area (Å²) in [6, 6.07) is 14.5. The van der Waals surface area contributed by atoms with Crippen LogP contribution in [0.2, 0.25) is 0 Å². The largest absolute Gasteiger partial charge is 0.478 e. The van der Waals surface area contributed by atoms with Crippen molar-refractivity contribution in [3.8, 4) is 5.75 Å². The molecule has 170 valence electrons. The molecule has 32 heavy (non-hydrogen) atoms. The molecule has 0 aliphatic carbocycles. The van der Waals surface area contributed by atoms with E-state index in [0.29, 0.717) is 17.6 Å². The van der Waals surface area contributed by atoms with Gasteiger partial charge in [0.1, 0.15) is 5.75 Å². The van der Waals surface area contributed by atoms with Crippen LogP contribution in [0.15, 0.2) is 59.5 Å². The van der Waals surface area contributed by atoms with E-state index >= 15 is 0 Å². The van der Waals surface area contributed by atoms with Crippen LogP contribution in [0.3, 0.4) is 0 Å². The lowest BCUT2D eigenvalue weighted by molar-refractivity contribution is -0.166. The maximum atomic E-state index is 12.4. The van der Waals surface area contributed by atoms with Crippen molar-refractivity contribution in [1.29, 1.82) is 0 Å². The Kier molecular flexibility index (Phi) is 7.16. The van der Waals surface area contributed by atoms with Gasteiger partial charge in [-0.3, -0.25) is 0 Å². The van der Waals surface area contributed by atoms with Crippen molar-refractivity contribution in [2.75, 3.05) is 0 Å². The fourth-order valence-corrected chi connectivity index (χ4v) is 3.90. The zero-order valence-corrected chi connectivity index (χ0v) is 18.4. The Balaban J connectivity index is 1.72. The molecule has 3 rings (SSSR count). The van der Waals surface area contributed by atoms with E-state index in [4.69, 9.17) is 9.47 Å². The minimum absolute atomic E-state index is 0.0289. The molecule has 2 unspecified atom stereocenters. The van der Waals surface area contributed by atoms with Crippen LogP contribution in [0.5, 0.6) is 5.75 Å². The number of sulfonamides is 1. The molecule has 3 aromatic rings. The minimum Gasteiger partial charge on any atom is -0.478 e. The van der Waals surface area contributed by atoms with Crippen LogP contribution in [0.1, 0.15) is 26.0 Å². The van der Waals surface area contributed by atoms with E-state index in [1.165, 1.54) is 24.3 Å². The number of aliphatic carboxylic acids is 1. The summed E-state index contributed by atoms with van der Waals surface area (Å²) in [6.07, 6.45) is -1.68. The van der Waals surface area contributed by atoms with Crippen molar-refractivity contribution in [1.82, 2.24) is 9.71 Å². The maximum Gasteiger partial charge on any atom is 0.359 e. The third kappa shape index (κ3) is 5.65. The van der Waals surface area contributed by atoms with Crippen molar-refractivity contribution in [2.45, 2.75) is 43.9 Å². The van der Waals surface area contributed by atoms with Gasteiger partial charge in [-0.25, -0.2) is 22.7 Å². The summed E-state index contributed by atoms with van der Waals surface area (Å²) in [6.45, 7) is 3.50. The number of ether oxygens (including phenoxy) is 2. The first kappa shape index (κ1) is 23.3. The lowest BCUT2D eigenvalue weighted by atomic mass is 10.2. The molecule has 0 bridgehead atoms. The normalized spacial score (nSPS) is 13.4. The first-order chi connectivity index (χ1) is 15.2. The number of carbonyl (C=O) groups is 2. The van der Waals surface area contributed by atoms with Gasteiger partial charge in [0.25, 0.3) is 6.10 Å². The summed E-state index contributed by atoms with van der Waals surface area (Å²) in [4.78, 5) is 26.8. The van der Waals surface area contributed by atoms with E-state index < -0.39 is 34.2 Å². The number of carbonyl (C=O) groups excluding carboxylic acids is 1. The number of carboxylic acids is 1. The number of hydrogen-bond donors (Lipinski definition) is 3. The molecule has 2 aromatic carbocycles. The second kappa shape index (κ2) is 9.84. The first-order valence-electron chi connectivity index (χ1n) is 9.96. The Labute approximate surface area is 185 Å². The zero-order chi connectivity index (χ0) is 23.3. The highest BCUT2D eigenvalue weighted by Gasteiger charge is 2.31. The van der Waals surface area contributed by atoms with Crippen LogP contribution in [0.25, 0.3) is 10.9 Å². The van der Waals surface area contributed by atoms with Crippen LogP contribution in [0, 0.1) is 0 Å². The lowest BCUT2D eigenvalue weighted by Gasteiger charge is -2.17. The summed E-state index contributed by atoms with van der Waals surface area (Å²) in [5.74, 6) is -2.28. The molecule has 1 aromatic heterocycles. The third-order valence-electron chi connectivity index (χ3n) is 4.74. The van der Waals surface area contributed by atoms with Gasteiger partial charge in [-0.05, 0) is 49.1 Å². The number of rotatable bonds is 10. The summed E-state index contributed by atoms with van der Waals surface area (Å²) >= 11 is 0. The van der Waals surface area contributed by atoms with Crippen molar-refractivity contribution >= 4 is 32.9 Å². The number of fused-ring (bicyclic) bond motifs is 1. The molecule has 0 saturated carbocycles. The summed E-state index contributed by atoms with van der Waals surface area (Å²) in [7, 11) is -3.66. The fraction of sp³-hybridized carbons (Fsp3) is 0.273. The summed E-state index contributed by atoms with van der Waals surface area (Å²) in [5.41, 5.74) is 1.19. The van der Waals surface area contributed by atoms with Crippen LogP contribution in [0.4, 0.5) is 0 Å². The molecule has 9 nitrogen and oxygen atoms in total. The molecule has 0 amide bonds. The molecule has 0 aliphatic rings. The van der Waals surface area contributed by atoms with Gasteiger partial charge in [-0.2, -0.15) is 0 Å². The predicted octanol–water partition coefficient (Wildman–Crippen LogP) is 2.82. The monoisotopic (exact) mass is 460 g/mol. The van der Waals surface area contributed by atoms with Crippen molar-refractivity contribution in [2.24, 2.45) is 0 Å². The standard InChI is InChI=1S/C22H24N2O7S/c1-3-14(2)30-22(27)20(21(25)26)31-17-10-9-15-11-16(24-19(15)12-17)13-23-32(28,29)18-7-5-4-6-8-18/h4-12,14,20,23-24H,3,13H2,1-2H3,(H,25,26). The Morgan fingerprint density at radius 2 is 1.84 bits per heavy atom. The van der Waals surface area contributed by atoms with Gasteiger partial charge in [-0.15, -0.1) is 0 Å². The molecule has 0 saturated heterocycles. The first-order valence-corrected chi connectivity index (χ1v) is 11.4. The molecule has 2 atom stereocenters. The second-order valence-corrected chi connectivity index (χ2v) is 8.94. The molecular weight excluding hydrogens is 436 g/mol. The van der Waals surface area contributed by atoms with Gasteiger partial charge in [0.2, 0.25) is 10.0 Å². The number of hydrogen-bond acceptors (Lipinski definition) is 6. The Morgan fingerprint density at radius 3 is 2.50 bits per heavy atom. The fourth-order valence-electron chi connectivity index (χ4n) is 2.87. The minimum atomic E-state index is -3.66. The number of aromatic amines is 1. The quantitative estimate of drug-likeness (QED) is 0.313. The van der Waals surface area contributed by atoms with Gasteiger partial charge >= 0.3 is 11.9 Å². The van der Waals surface area contributed by atoms with Crippen LogP contribution < -0.4 is 9.46 Å². The topological polar surface area (TPSA) is 135 Å². The molecular formula is C22H24N2O7S. The number of H-pyrrole nitrogens is 1. The van der Waals surface area contributed by atoms with E-state index in [1.807, 2.05) is 6.92 Å². The average molecular weight is 461 g/mol. The molecule has 3 N–H and O–H groups in total. The predicted molar refractivity (Wildman–Crippen MR) is 117 cm³/mol. The molecule has 10 heteroatoms. The van der Waals surface area contributed by atoms with Gasteiger partial charge in [0.15, 0.2) is 0 Å². The van der Waals surface area contributed by atoms with E-state index in [1.54, 1.807) is 37.3 Å². The average Bonchev–Trinajstić information content (AvgIpc) is 3.18. The van der Waals surface area contributed by atoms with E-state index in [0.717, 1.165) is 5.39 Å². The van der Waals surface area contributed by atoms with Crippen LogP contribution >= 0.6 is 0 Å². The number of nitrogens with one attached hydrogen (secondary N) is 2. The zero-order valence-electron chi connectivity index (χ0n) is 17.6. The number of esters is 1. The number of carboxylic acid groups (broad SMARTS) is 1. The van der Waals surface area contributed by atoms with Crippen LogP contribution in [-0.4, -0.2) is 42.7 Å². The van der Waals surface area contributed by atoms with Gasteiger partial charge in [0.05, 0.1) is 17.5 Å². The molecule has 1 heterocycles. The third-order valence-corrected chi connectivity index (χ3v) is 6.16. The highest BCUT2D eigenvalue weighted by molar-refractivity contribution is 7.89. The van der Waals surface area contributed by atoms with E-state index in [-0.39, 0.29) is 17.2 Å². The second-order valence-electron chi connectivity index (χ2n) is 7.17. The highest BCUT2D eigenvalue weighted by atomic mass is 32.2. The molecule has 0 radical (unpaired) electrons. The Morgan fingerprint density at radius 1 is 1.12 bits per heavy atom. The van der Waals surface area contributed by atoms with E-state index in [2.05, 4.69) is 9.71 Å². The number of aromatic nitrogens is 1. The summed E-state index contributed by atoms with van der Waals surface area (Å²) < 4.78 is 37.7. The van der Waals surface area contributed by atoms with Crippen molar-refractivity contribution in [3.63, 3.8) is 0 Å². The lowest BCUT2D eigenvalue weighted by Crippen LogP contribution is -2.38. The Bertz CT molecular complexity index is 1210. The molecule has 0 aliphatic heterocycles. The van der Waals surface area contributed by atoms with Gasteiger partial charge in [0, 0.05) is 17.3 Å². The highest BCUT2D eigenvalue weighted by Crippen LogP contribution is 2.23. The van der Waals surface area contributed by atoms with Crippen LogP contribution in [-0.2, 0) is 30.9 Å². The molecule has 0 spiro atoms. The van der Waals surface area contributed by atoms with Crippen molar-refractivity contribution in [3.05, 3.63) is 60.3 Å². The van der Waals surface area contributed by atoms with Gasteiger partial charge in [-0.1, -0.05) is 25.1 Å². The smallest absolute Gasteiger partial charge is 0.359 e. The Hall–Kier alpha value is -3.37. The van der Waals surface area contributed by atoms with Crippen molar-refractivity contribution < 1.29 is 32.6 Å². The SMILES string of the molecule is CCC(C)OC(=O)C(Oc1ccc2cc(CNS(=O)(=O)c3ccccc3)[nH]c2c1)C(=O)O. The van der Waals surface area contributed by atoms with E-state index in [9.17, 15) is 23.1 Å². The number of benzene rings is 2. The van der Waals surface area contributed by atoms with Gasteiger partial charge < -0.3 is 19.6 Å². The summed E-state index contributed by atoms with van der Waals surface area (Å²) in [5, 5.41) is 10.1. The molecule has 0 fully saturated rings. The maximum absolute atomic E-state index is 12.4.